The number of carbonyl (C=O) groups is 7. The van der Waals surface area contributed by atoms with Gasteiger partial charge in [-0.05, 0) is 79.8 Å². The van der Waals surface area contributed by atoms with Crippen LogP contribution in [-0.2, 0) is 41.8 Å². The first kappa shape index (κ1) is 58.5. The van der Waals surface area contributed by atoms with Crippen molar-refractivity contribution in [3.63, 3.8) is 0 Å². The summed E-state index contributed by atoms with van der Waals surface area (Å²) in [5.74, 6) is -9.09. The predicted molar refractivity (Wildman–Crippen MR) is 267 cm³/mol. The Morgan fingerprint density at radius 3 is 1.88 bits per heavy atom. The maximum absolute atomic E-state index is 14.4. The van der Waals surface area contributed by atoms with Gasteiger partial charge in [-0.2, -0.15) is 0 Å². The minimum Gasteiger partial charge on any atom is -0.508 e. The van der Waals surface area contributed by atoms with Crippen molar-refractivity contribution in [2.45, 2.75) is 152 Å². The van der Waals surface area contributed by atoms with E-state index in [-0.39, 0.29) is 30.0 Å². The molecule has 3 fully saturated rings. The standard InChI is InChI=1S/C52H69N7O17/c1-5-6-7-28-8-10-29(11-9-28)24-76-34-18-14-31(15-19-34)45(68)53-35-21-37(64)48(71)57-50(73)41-42(65)25(2)22-59(41)52(75)39(27(4)61)55-49(72)40(44(67)43(66)30-12-16-32(62)17-13-30)56-47(70)36-20-33(63)23-58(36)51(74)38(26(3)60)54-46(35)69/h8-19,25-27,33,35-44,48,60-67,71H,5-7,20-24H2,1-4H3,(H,53,68)(H,54,69)(H,55,72)(H,56,70)(H,57,73)/t25-,26+,27+,33+,35-,36-,37+,38-,39-,40-,41-,42-,43-,44-,48-/m0/s1. The van der Waals surface area contributed by atoms with Crippen molar-refractivity contribution >= 4 is 41.4 Å². The quantitative estimate of drug-likeness (QED) is 0.0816. The number of aryl methyl sites for hydroxylation is 1. The Morgan fingerprint density at radius 1 is 0.697 bits per heavy atom. The van der Waals surface area contributed by atoms with Crippen LogP contribution in [0.5, 0.6) is 11.5 Å². The molecule has 7 amide bonds. The second kappa shape index (κ2) is 25.8. The van der Waals surface area contributed by atoms with E-state index in [9.17, 15) is 79.5 Å². The normalized spacial score (nSPS) is 28.8. The van der Waals surface area contributed by atoms with Crippen LogP contribution in [0.25, 0.3) is 0 Å². The SMILES string of the molecule is CCCCc1ccc(COc2ccc(C(=O)N[C@H]3C[C@@H](O)[C@H](O)NC(=O)[C@@H]4[C@@H](O)[C@@H](C)CN4C(=O)[C@H]([C@@H](C)O)NC(=O)[C@H]([C@H](O)[C@@H](O)c4ccc(O)cc4)NC(=O)[C@@H]4C[C@@H](O)CN4C(=O)[C@H]([C@@H](C)O)NC3=O)cc2)cc1. The maximum Gasteiger partial charge on any atom is 0.251 e. The summed E-state index contributed by atoms with van der Waals surface area (Å²) in [6.45, 7) is 5.02. The summed E-state index contributed by atoms with van der Waals surface area (Å²) in [6, 6.07) is 6.77. The summed E-state index contributed by atoms with van der Waals surface area (Å²) in [7, 11) is 0. The van der Waals surface area contributed by atoms with Gasteiger partial charge in [0.25, 0.3) is 5.91 Å². The number of hydrogen-bond acceptors (Lipinski definition) is 17. The number of aliphatic hydroxyl groups excluding tert-OH is 8. The zero-order valence-corrected chi connectivity index (χ0v) is 42.4. The Morgan fingerprint density at radius 2 is 1.28 bits per heavy atom. The lowest BCUT2D eigenvalue weighted by Crippen LogP contribution is -2.64. The van der Waals surface area contributed by atoms with Crippen LogP contribution < -0.4 is 31.3 Å². The van der Waals surface area contributed by atoms with E-state index in [0.29, 0.717) is 5.75 Å². The summed E-state index contributed by atoms with van der Waals surface area (Å²) >= 11 is 0. The number of ether oxygens (including phenoxy) is 1. The van der Waals surface area contributed by atoms with Crippen molar-refractivity contribution in [3.8, 4) is 11.5 Å². The molecule has 3 aliphatic rings. The van der Waals surface area contributed by atoms with Gasteiger partial charge in [0.1, 0.15) is 72.7 Å². The molecule has 0 saturated carbocycles. The zero-order chi connectivity index (χ0) is 55.7. The van der Waals surface area contributed by atoms with Crippen LogP contribution in [0.4, 0.5) is 0 Å². The fourth-order valence-corrected chi connectivity index (χ4v) is 9.32. The van der Waals surface area contributed by atoms with Crippen molar-refractivity contribution in [1.82, 2.24) is 36.4 Å². The Kier molecular flexibility index (Phi) is 19.9. The average Bonchev–Trinajstić information content (AvgIpc) is 3.94. The molecule has 76 heavy (non-hydrogen) atoms. The Balaban J connectivity index is 1.33. The zero-order valence-electron chi connectivity index (χ0n) is 42.4. The minimum absolute atomic E-state index is 0.0224. The molecule has 3 aromatic carbocycles. The lowest BCUT2D eigenvalue weighted by Gasteiger charge is -2.34. The number of fused-ring (bicyclic) bond motifs is 2. The smallest absolute Gasteiger partial charge is 0.251 e. The molecule has 0 aliphatic carbocycles. The summed E-state index contributed by atoms with van der Waals surface area (Å²) in [5.41, 5.74) is 2.00. The van der Waals surface area contributed by atoms with Crippen LogP contribution >= 0.6 is 0 Å². The highest BCUT2D eigenvalue weighted by atomic mass is 16.5. The average molecular weight is 1060 g/mol. The van der Waals surface area contributed by atoms with Crippen LogP contribution in [0.2, 0.25) is 0 Å². The number of phenols is 1. The van der Waals surface area contributed by atoms with Gasteiger partial charge in [0.15, 0.2) is 6.23 Å². The largest absolute Gasteiger partial charge is 0.508 e. The predicted octanol–water partition coefficient (Wildman–Crippen LogP) is -2.91. The number of nitrogens with zero attached hydrogens (tertiary/aromatic N) is 2. The number of phenolic OH excluding ortho intramolecular Hbond substituents is 1. The monoisotopic (exact) mass is 1060 g/mol. The molecule has 414 valence electrons. The van der Waals surface area contributed by atoms with Gasteiger partial charge in [0, 0.05) is 37.4 Å². The molecule has 15 atom stereocenters. The molecule has 14 N–H and O–H groups in total. The Hall–Kier alpha value is -6.77. The Bertz CT molecular complexity index is 2520. The van der Waals surface area contributed by atoms with Crippen molar-refractivity contribution < 1.29 is 84.3 Å². The second-order valence-corrected chi connectivity index (χ2v) is 19.8. The summed E-state index contributed by atoms with van der Waals surface area (Å²) in [4.78, 5) is 101. The van der Waals surface area contributed by atoms with E-state index >= 15 is 0 Å². The van der Waals surface area contributed by atoms with Crippen LogP contribution in [0.15, 0.2) is 72.8 Å². The summed E-state index contributed by atoms with van der Waals surface area (Å²) < 4.78 is 5.91. The molecule has 0 aromatic heterocycles. The van der Waals surface area contributed by atoms with E-state index in [1.165, 1.54) is 48.9 Å². The second-order valence-electron chi connectivity index (χ2n) is 19.8. The Labute approximate surface area is 438 Å². The topological polar surface area (TPSA) is 377 Å². The molecule has 24 nitrogen and oxygen atoms in total. The van der Waals surface area contributed by atoms with E-state index in [0.717, 1.165) is 60.6 Å². The first-order valence-corrected chi connectivity index (χ1v) is 25.2. The molecule has 0 unspecified atom stereocenters. The minimum atomic E-state index is -2.29. The maximum atomic E-state index is 14.4. The number of nitrogens with one attached hydrogen (secondary N) is 5. The van der Waals surface area contributed by atoms with Crippen molar-refractivity contribution in [1.29, 1.82) is 0 Å². The number of carbonyl (C=O) groups excluding carboxylic acids is 7. The molecule has 0 spiro atoms. The van der Waals surface area contributed by atoms with Gasteiger partial charge in [0.2, 0.25) is 35.4 Å². The highest BCUT2D eigenvalue weighted by Gasteiger charge is 2.50. The molecular weight excluding hydrogens is 995 g/mol. The lowest BCUT2D eigenvalue weighted by molar-refractivity contribution is -0.148. The molecule has 3 aromatic rings. The van der Waals surface area contributed by atoms with Gasteiger partial charge in [-0.3, -0.25) is 33.6 Å². The van der Waals surface area contributed by atoms with Crippen LogP contribution in [0, 0.1) is 5.92 Å². The molecular formula is C52H69N7O17. The highest BCUT2D eigenvalue weighted by molar-refractivity contribution is 6.00. The third-order valence-corrected chi connectivity index (χ3v) is 13.8. The number of unbranched alkanes of at least 4 members (excludes halogenated alkanes) is 1. The summed E-state index contributed by atoms with van der Waals surface area (Å²) in [6.07, 6.45) is -13.6. The van der Waals surface area contributed by atoms with Gasteiger partial charge >= 0.3 is 0 Å². The van der Waals surface area contributed by atoms with Crippen molar-refractivity contribution in [3.05, 3.63) is 95.1 Å². The number of aliphatic hydroxyl groups is 8. The van der Waals surface area contributed by atoms with E-state index in [1.54, 1.807) is 0 Å². The number of amides is 7. The molecule has 0 radical (unpaired) electrons. The number of benzene rings is 3. The van der Waals surface area contributed by atoms with E-state index in [4.69, 9.17) is 4.74 Å². The molecule has 6 rings (SSSR count). The fourth-order valence-electron chi connectivity index (χ4n) is 9.32. The molecule has 3 heterocycles. The first-order chi connectivity index (χ1) is 36.0. The van der Waals surface area contributed by atoms with Crippen molar-refractivity contribution in [2.75, 3.05) is 13.1 Å². The molecule has 24 heteroatoms. The molecule has 0 bridgehead atoms. The number of rotatable bonds is 13. The van der Waals surface area contributed by atoms with Crippen LogP contribution in [0.3, 0.4) is 0 Å². The number of aromatic hydroxyl groups is 1. The summed E-state index contributed by atoms with van der Waals surface area (Å²) in [5, 5.41) is 111. The van der Waals surface area contributed by atoms with Gasteiger partial charge < -0.3 is 87.1 Å². The van der Waals surface area contributed by atoms with Crippen LogP contribution in [-0.4, -0.2) is 189 Å². The molecule has 3 aliphatic heterocycles. The highest BCUT2D eigenvalue weighted by Crippen LogP contribution is 2.28. The third-order valence-electron chi connectivity index (χ3n) is 13.8. The number of hydrogen-bond donors (Lipinski definition) is 14. The van der Waals surface area contributed by atoms with Gasteiger partial charge in [0.05, 0.1) is 24.4 Å². The van der Waals surface area contributed by atoms with Gasteiger partial charge in [-0.1, -0.05) is 56.7 Å². The first-order valence-electron chi connectivity index (χ1n) is 25.2. The third kappa shape index (κ3) is 14.2. The molecule has 3 saturated heterocycles. The van der Waals surface area contributed by atoms with E-state index in [1.807, 2.05) is 24.3 Å². The van der Waals surface area contributed by atoms with Crippen LogP contribution in [0.1, 0.15) is 86.5 Å². The van der Waals surface area contributed by atoms with Crippen molar-refractivity contribution in [2.24, 2.45) is 5.92 Å². The lowest BCUT2D eigenvalue weighted by atomic mass is 9.96. The van der Waals surface area contributed by atoms with E-state index < -0.39 is 152 Å². The van der Waals surface area contributed by atoms with Gasteiger partial charge in [-0.15, -0.1) is 0 Å². The van der Waals surface area contributed by atoms with Gasteiger partial charge in [-0.25, -0.2) is 0 Å². The fraction of sp³-hybridized carbons (Fsp3) is 0.519. The van der Waals surface area contributed by atoms with E-state index in [2.05, 4.69) is 33.5 Å².